The van der Waals surface area contributed by atoms with Gasteiger partial charge in [0.05, 0.1) is 5.69 Å². The monoisotopic (exact) mass is 464 g/mol. The highest BCUT2D eigenvalue weighted by atomic mass is 32.1. The highest BCUT2D eigenvalue weighted by molar-refractivity contribution is 7.09. The van der Waals surface area contributed by atoms with Gasteiger partial charge in [-0.2, -0.15) is 18.3 Å². The number of ether oxygens (including phenoxy) is 1. The summed E-state index contributed by atoms with van der Waals surface area (Å²) in [4.78, 5) is 29.1. The van der Waals surface area contributed by atoms with Crippen LogP contribution in [0.1, 0.15) is 32.9 Å². The zero-order chi connectivity index (χ0) is 22.7. The largest absolute Gasteiger partial charge is 0.491 e. The first-order valence-corrected chi connectivity index (χ1v) is 10.8. The number of esters is 2. The van der Waals surface area contributed by atoms with Gasteiger partial charge in [-0.1, -0.05) is 6.07 Å². The molecule has 4 rings (SSSR count). The van der Waals surface area contributed by atoms with E-state index in [0.717, 1.165) is 11.1 Å². The van der Waals surface area contributed by atoms with E-state index in [-0.39, 0.29) is 12.2 Å². The number of nitrogens with one attached hydrogen (secondary N) is 1. The molecule has 0 radical (unpaired) electrons. The van der Waals surface area contributed by atoms with Crippen molar-refractivity contribution < 1.29 is 27.5 Å². The molecular formula is C21H19F3N4O3S. The molecule has 0 saturated carbocycles. The van der Waals surface area contributed by atoms with Crippen LogP contribution < -0.4 is 5.32 Å². The summed E-state index contributed by atoms with van der Waals surface area (Å²) in [5.41, 5.74) is 2.58. The fourth-order valence-corrected chi connectivity index (χ4v) is 4.30. The van der Waals surface area contributed by atoms with E-state index in [4.69, 9.17) is 0 Å². The van der Waals surface area contributed by atoms with Crippen molar-refractivity contribution in [3.8, 4) is 11.3 Å². The standard InChI is InChI=1S/C21H19F3N4O3S/c22-21(23,24)20(30)31-19(29)18-16-5-4-13-11-26-8-6-15(13)17(16)27-28(18)9-2-7-25-12-14-3-1-10-32-14/h1,3,6,8,10-11,25H,2,4-5,7,9,12H2. The molecule has 7 nitrogen and oxygen atoms in total. The quantitative estimate of drug-likeness (QED) is 0.327. The van der Waals surface area contributed by atoms with Crippen molar-refractivity contribution in [3.05, 3.63) is 57.7 Å². The Balaban J connectivity index is 1.55. The summed E-state index contributed by atoms with van der Waals surface area (Å²) in [6.45, 7) is 1.58. The number of aromatic nitrogens is 3. The predicted octanol–water partition coefficient (Wildman–Crippen LogP) is 3.53. The molecule has 0 saturated heterocycles. The molecule has 3 aromatic heterocycles. The molecule has 11 heteroatoms. The van der Waals surface area contributed by atoms with Crippen molar-refractivity contribution in [1.29, 1.82) is 0 Å². The zero-order valence-electron chi connectivity index (χ0n) is 16.8. The average molecular weight is 464 g/mol. The predicted molar refractivity (Wildman–Crippen MR) is 110 cm³/mol. The van der Waals surface area contributed by atoms with Gasteiger partial charge in [0.25, 0.3) is 0 Å². The Bertz CT molecular complexity index is 1130. The van der Waals surface area contributed by atoms with E-state index >= 15 is 0 Å². The number of carbonyl (C=O) groups excluding carboxylic acids is 2. The summed E-state index contributed by atoms with van der Waals surface area (Å²) >= 11 is 1.63. The van der Waals surface area contributed by atoms with Gasteiger partial charge in [-0.05, 0) is 48.9 Å². The first-order valence-electron chi connectivity index (χ1n) is 9.94. The Morgan fingerprint density at radius 2 is 2.09 bits per heavy atom. The maximum atomic E-state index is 12.6. The lowest BCUT2D eigenvalue weighted by Crippen LogP contribution is -2.29. The van der Waals surface area contributed by atoms with Crippen LogP contribution in [-0.4, -0.2) is 39.4 Å². The number of pyridine rings is 1. The molecule has 1 aliphatic rings. The molecule has 0 aliphatic heterocycles. The normalized spacial score (nSPS) is 12.8. The molecule has 0 spiro atoms. The lowest BCUT2D eigenvalue weighted by Gasteiger charge is -2.15. The molecule has 1 N–H and O–H groups in total. The third-order valence-electron chi connectivity index (χ3n) is 5.07. The second-order valence-electron chi connectivity index (χ2n) is 7.22. The second-order valence-corrected chi connectivity index (χ2v) is 8.25. The zero-order valence-corrected chi connectivity index (χ0v) is 17.6. The van der Waals surface area contributed by atoms with Crippen molar-refractivity contribution in [1.82, 2.24) is 20.1 Å². The Morgan fingerprint density at radius 1 is 1.25 bits per heavy atom. The lowest BCUT2D eigenvalue weighted by atomic mass is 9.90. The smallest absolute Gasteiger partial charge is 0.381 e. The Labute approximate surface area is 185 Å². The number of thiophene rings is 1. The van der Waals surface area contributed by atoms with E-state index in [1.54, 1.807) is 29.8 Å². The number of fused-ring (bicyclic) bond motifs is 3. The van der Waals surface area contributed by atoms with Crippen LogP contribution in [0.4, 0.5) is 13.2 Å². The first-order chi connectivity index (χ1) is 15.3. The van der Waals surface area contributed by atoms with Crippen LogP contribution in [0.25, 0.3) is 11.3 Å². The minimum Gasteiger partial charge on any atom is -0.381 e. The van der Waals surface area contributed by atoms with Gasteiger partial charge in [-0.25, -0.2) is 9.59 Å². The van der Waals surface area contributed by atoms with Gasteiger partial charge >= 0.3 is 18.1 Å². The maximum Gasteiger partial charge on any atom is 0.491 e. The van der Waals surface area contributed by atoms with Crippen molar-refractivity contribution in [3.63, 3.8) is 0 Å². The van der Waals surface area contributed by atoms with Crippen LogP contribution in [0.2, 0.25) is 0 Å². The van der Waals surface area contributed by atoms with Gasteiger partial charge in [0, 0.05) is 41.5 Å². The van der Waals surface area contributed by atoms with Crippen LogP contribution in [-0.2, 0) is 35.5 Å². The average Bonchev–Trinajstić information content (AvgIpc) is 3.40. The van der Waals surface area contributed by atoms with Crippen LogP contribution >= 0.6 is 11.3 Å². The SMILES string of the molecule is O=C(OC(=O)C(F)(F)F)c1c2c(nn1CCCNCc1cccs1)-c1ccncc1CC2. The van der Waals surface area contributed by atoms with Gasteiger partial charge in [0.2, 0.25) is 0 Å². The molecule has 0 fully saturated rings. The molecule has 3 heterocycles. The van der Waals surface area contributed by atoms with Crippen LogP contribution in [0.15, 0.2) is 36.0 Å². The minimum absolute atomic E-state index is 0.113. The lowest BCUT2D eigenvalue weighted by molar-refractivity contribution is -0.193. The summed E-state index contributed by atoms with van der Waals surface area (Å²) in [7, 11) is 0. The second kappa shape index (κ2) is 9.21. The van der Waals surface area contributed by atoms with Crippen molar-refractivity contribution in [2.75, 3.05) is 6.54 Å². The summed E-state index contributed by atoms with van der Waals surface area (Å²) in [5.74, 6) is -3.88. The Hall–Kier alpha value is -3.05. The molecule has 0 aromatic carbocycles. The summed E-state index contributed by atoms with van der Waals surface area (Å²) < 4.78 is 43.4. The van der Waals surface area contributed by atoms with Crippen LogP contribution in [0.3, 0.4) is 0 Å². The molecule has 1 aliphatic carbocycles. The number of alkyl halides is 3. The molecular weight excluding hydrogens is 445 g/mol. The topological polar surface area (TPSA) is 86.1 Å². The number of nitrogens with zero attached hydrogens (tertiary/aromatic N) is 3. The van der Waals surface area contributed by atoms with Gasteiger partial charge in [0.1, 0.15) is 0 Å². The first kappa shape index (κ1) is 22.2. The summed E-state index contributed by atoms with van der Waals surface area (Å²) in [6, 6.07) is 5.73. The van der Waals surface area contributed by atoms with E-state index in [1.807, 2.05) is 17.5 Å². The summed E-state index contributed by atoms with van der Waals surface area (Å²) in [6.07, 6.45) is -0.455. The highest BCUT2D eigenvalue weighted by Gasteiger charge is 2.43. The Kier molecular flexibility index (Phi) is 6.38. The molecule has 0 unspecified atom stereocenters. The molecule has 0 bridgehead atoms. The van der Waals surface area contributed by atoms with Crippen molar-refractivity contribution >= 4 is 23.3 Å². The molecule has 3 aromatic rings. The number of hydrogen-bond acceptors (Lipinski definition) is 7. The van der Waals surface area contributed by atoms with Gasteiger partial charge in [-0.15, -0.1) is 11.3 Å². The molecule has 168 valence electrons. The number of halogens is 3. The number of rotatable bonds is 7. The molecule has 0 atom stereocenters. The molecule has 32 heavy (non-hydrogen) atoms. The van der Waals surface area contributed by atoms with Crippen LogP contribution in [0.5, 0.6) is 0 Å². The van der Waals surface area contributed by atoms with Crippen molar-refractivity contribution in [2.24, 2.45) is 0 Å². The van der Waals surface area contributed by atoms with Gasteiger partial charge < -0.3 is 10.1 Å². The summed E-state index contributed by atoms with van der Waals surface area (Å²) in [5, 5.41) is 9.76. The van der Waals surface area contributed by atoms with Gasteiger partial charge in [0.15, 0.2) is 5.69 Å². The fraction of sp³-hybridized carbons (Fsp3) is 0.333. The van der Waals surface area contributed by atoms with E-state index in [2.05, 4.69) is 20.1 Å². The molecule has 0 amide bonds. The third-order valence-corrected chi connectivity index (χ3v) is 5.94. The van der Waals surface area contributed by atoms with Gasteiger partial charge in [-0.3, -0.25) is 9.67 Å². The van der Waals surface area contributed by atoms with Crippen molar-refractivity contribution in [2.45, 2.75) is 38.5 Å². The Morgan fingerprint density at radius 3 is 2.84 bits per heavy atom. The van der Waals surface area contributed by atoms with Crippen LogP contribution in [0, 0.1) is 0 Å². The highest BCUT2D eigenvalue weighted by Crippen LogP contribution is 2.34. The maximum absolute atomic E-state index is 12.6. The van der Waals surface area contributed by atoms with E-state index in [1.165, 1.54) is 9.56 Å². The number of aryl methyl sites for hydroxylation is 2. The van der Waals surface area contributed by atoms with E-state index in [0.29, 0.717) is 43.6 Å². The van der Waals surface area contributed by atoms with E-state index in [9.17, 15) is 22.8 Å². The number of hydrogen-bond donors (Lipinski definition) is 1. The fourth-order valence-electron chi connectivity index (χ4n) is 3.63. The number of carbonyl (C=O) groups is 2. The minimum atomic E-state index is -5.26. The van der Waals surface area contributed by atoms with E-state index < -0.39 is 18.1 Å². The third kappa shape index (κ3) is 4.73.